The molecule has 114 valence electrons. The number of hydrogen-bond donors (Lipinski definition) is 2. The highest BCUT2D eigenvalue weighted by Crippen LogP contribution is 2.40. The largest absolute Gasteiger partial charge is 0.409 e. The lowest BCUT2D eigenvalue weighted by Gasteiger charge is -2.45. The molecule has 1 heterocycles. The van der Waals surface area contributed by atoms with Gasteiger partial charge in [0.25, 0.3) is 0 Å². The Morgan fingerprint density at radius 3 is 2.76 bits per heavy atom. The van der Waals surface area contributed by atoms with E-state index in [1.165, 1.54) is 38.5 Å². The third-order valence-corrected chi connectivity index (χ3v) is 5.21. The molecular weight excluding hydrogens is 286 g/mol. The van der Waals surface area contributed by atoms with Crippen LogP contribution in [0.1, 0.15) is 44.1 Å². The Kier molecular flexibility index (Phi) is 4.24. The first-order valence-electron chi connectivity index (χ1n) is 7.75. The van der Waals surface area contributed by atoms with Crippen molar-refractivity contribution in [1.82, 2.24) is 0 Å². The normalized spacial score (nSPS) is 26.5. The van der Waals surface area contributed by atoms with Crippen molar-refractivity contribution in [1.29, 1.82) is 0 Å². The van der Waals surface area contributed by atoms with E-state index in [0.29, 0.717) is 16.6 Å². The molecule has 0 radical (unpaired) electrons. The van der Waals surface area contributed by atoms with Crippen LogP contribution in [0.25, 0.3) is 0 Å². The van der Waals surface area contributed by atoms with Crippen molar-refractivity contribution in [2.45, 2.75) is 44.6 Å². The van der Waals surface area contributed by atoms with Crippen LogP contribution in [0.15, 0.2) is 23.4 Å². The van der Waals surface area contributed by atoms with Gasteiger partial charge in [0.1, 0.15) is 0 Å². The number of halogens is 1. The Morgan fingerprint density at radius 2 is 2.00 bits per heavy atom. The SMILES string of the molecule is N/C(=N/O)c1ccc(N2CCC[C@H]3CCCC[C@H]32)c(Cl)c1. The van der Waals surface area contributed by atoms with Crippen molar-refractivity contribution in [3.05, 3.63) is 28.8 Å². The first kappa shape index (κ1) is 14.5. The molecule has 2 aliphatic rings. The van der Waals surface area contributed by atoms with Crippen LogP contribution >= 0.6 is 11.6 Å². The molecule has 0 amide bonds. The number of oxime groups is 1. The van der Waals surface area contributed by atoms with Crippen molar-refractivity contribution in [2.75, 3.05) is 11.4 Å². The monoisotopic (exact) mass is 307 g/mol. The highest BCUT2D eigenvalue weighted by Gasteiger charge is 2.33. The van der Waals surface area contributed by atoms with E-state index in [0.717, 1.165) is 18.2 Å². The van der Waals surface area contributed by atoms with Crippen LogP contribution in [0.4, 0.5) is 5.69 Å². The maximum Gasteiger partial charge on any atom is 0.170 e. The number of anilines is 1. The van der Waals surface area contributed by atoms with Crippen LogP contribution in [0, 0.1) is 5.92 Å². The molecule has 5 heteroatoms. The first-order valence-corrected chi connectivity index (χ1v) is 8.12. The fourth-order valence-electron chi connectivity index (χ4n) is 3.88. The van der Waals surface area contributed by atoms with Gasteiger partial charge in [0.05, 0.1) is 10.7 Å². The average Bonchev–Trinajstić information content (AvgIpc) is 2.53. The fourth-order valence-corrected chi connectivity index (χ4v) is 4.17. The van der Waals surface area contributed by atoms with Crippen LogP contribution in [0.5, 0.6) is 0 Å². The van der Waals surface area contributed by atoms with Crippen molar-refractivity contribution in [2.24, 2.45) is 16.8 Å². The molecule has 1 saturated heterocycles. The summed E-state index contributed by atoms with van der Waals surface area (Å²) in [5, 5.41) is 12.5. The quantitative estimate of drug-likeness (QED) is 0.380. The minimum Gasteiger partial charge on any atom is -0.409 e. The lowest BCUT2D eigenvalue weighted by molar-refractivity contribution is 0.244. The highest BCUT2D eigenvalue weighted by atomic mass is 35.5. The minimum atomic E-state index is 0.0950. The molecule has 3 N–H and O–H groups in total. The van der Waals surface area contributed by atoms with Crippen LogP contribution in [-0.2, 0) is 0 Å². The summed E-state index contributed by atoms with van der Waals surface area (Å²) < 4.78 is 0. The van der Waals surface area contributed by atoms with E-state index in [1.807, 2.05) is 12.1 Å². The highest BCUT2D eigenvalue weighted by molar-refractivity contribution is 6.33. The Morgan fingerprint density at radius 1 is 1.24 bits per heavy atom. The zero-order valence-electron chi connectivity index (χ0n) is 12.1. The third-order valence-electron chi connectivity index (χ3n) is 4.90. The summed E-state index contributed by atoms with van der Waals surface area (Å²) in [6.45, 7) is 1.07. The van der Waals surface area contributed by atoms with Crippen LogP contribution in [0.2, 0.25) is 5.02 Å². The number of nitrogens with two attached hydrogens (primary N) is 1. The first-order chi connectivity index (χ1) is 10.2. The molecule has 1 aromatic carbocycles. The Labute approximate surface area is 130 Å². The van der Waals surface area contributed by atoms with E-state index >= 15 is 0 Å². The number of rotatable bonds is 2. The Balaban J connectivity index is 1.88. The van der Waals surface area contributed by atoms with E-state index in [1.54, 1.807) is 6.07 Å². The predicted octanol–water partition coefficient (Wildman–Crippen LogP) is 3.59. The Bertz CT molecular complexity index is 544. The van der Waals surface area contributed by atoms with Crippen LogP contribution in [-0.4, -0.2) is 23.6 Å². The number of nitrogens with zero attached hydrogens (tertiary/aromatic N) is 2. The molecule has 21 heavy (non-hydrogen) atoms. The molecule has 0 bridgehead atoms. The standard InChI is InChI=1S/C16H22ClN3O/c17-13-10-12(16(18)19-21)7-8-15(13)20-9-3-5-11-4-1-2-6-14(11)20/h7-8,10-11,14,21H,1-6,9H2,(H2,18,19)/t11-,14-/m1/s1. The van der Waals surface area contributed by atoms with E-state index < -0.39 is 0 Å². The molecule has 0 aromatic heterocycles. The molecule has 1 aromatic rings. The second-order valence-corrected chi connectivity index (χ2v) is 6.51. The lowest BCUT2D eigenvalue weighted by Crippen LogP contribution is -2.47. The van der Waals surface area contributed by atoms with Gasteiger partial charge in [-0.1, -0.05) is 29.6 Å². The van der Waals surface area contributed by atoms with Crippen LogP contribution in [0.3, 0.4) is 0 Å². The summed E-state index contributed by atoms with van der Waals surface area (Å²) in [5.41, 5.74) is 7.37. The summed E-state index contributed by atoms with van der Waals surface area (Å²) in [7, 11) is 0. The zero-order chi connectivity index (χ0) is 14.8. The second kappa shape index (κ2) is 6.14. The fraction of sp³-hybridized carbons (Fsp3) is 0.562. The molecule has 0 spiro atoms. The van der Waals surface area contributed by atoms with Gasteiger partial charge in [-0.25, -0.2) is 0 Å². The third kappa shape index (κ3) is 2.82. The maximum absolute atomic E-state index is 8.76. The number of hydrogen-bond acceptors (Lipinski definition) is 3. The van der Waals surface area contributed by atoms with Gasteiger partial charge < -0.3 is 15.8 Å². The van der Waals surface area contributed by atoms with E-state index in [4.69, 9.17) is 22.5 Å². The molecule has 2 atom stereocenters. The molecule has 4 nitrogen and oxygen atoms in total. The molecule has 2 fully saturated rings. The number of benzene rings is 1. The topological polar surface area (TPSA) is 61.9 Å². The smallest absolute Gasteiger partial charge is 0.170 e. The molecule has 1 aliphatic heterocycles. The Hall–Kier alpha value is -1.42. The summed E-state index contributed by atoms with van der Waals surface area (Å²) >= 11 is 6.46. The molecule has 0 unspecified atom stereocenters. The van der Waals surface area contributed by atoms with Gasteiger partial charge in [-0.3, -0.25) is 0 Å². The zero-order valence-corrected chi connectivity index (χ0v) is 12.9. The molecule has 1 saturated carbocycles. The van der Waals surface area contributed by atoms with Crippen LogP contribution < -0.4 is 10.6 Å². The number of amidine groups is 1. The molecule has 3 rings (SSSR count). The van der Waals surface area contributed by atoms with Gasteiger partial charge in [-0.15, -0.1) is 0 Å². The van der Waals surface area contributed by atoms with Crippen molar-refractivity contribution in [3.63, 3.8) is 0 Å². The van der Waals surface area contributed by atoms with Gasteiger partial charge in [0.15, 0.2) is 5.84 Å². The second-order valence-electron chi connectivity index (χ2n) is 6.10. The molecular formula is C16H22ClN3O. The maximum atomic E-state index is 8.76. The summed E-state index contributed by atoms with van der Waals surface area (Å²) in [6.07, 6.45) is 7.88. The van der Waals surface area contributed by atoms with E-state index in [-0.39, 0.29) is 5.84 Å². The van der Waals surface area contributed by atoms with Gasteiger partial charge in [0.2, 0.25) is 0 Å². The average molecular weight is 308 g/mol. The lowest BCUT2D eigenvalue weighted by atomic mass is 9.78. The van der Waals surface area contributed by atoms with E-state index in [9.17, 15) is 0 Å². The van der Waals surface area contributed by atoms with Gasteiger partial charge in [-0.2, -0.15) is 0 Å². The summed E-state index contributed by atoms with van der Waals surface area (Å²) in [4.78, 5) is 2.48. The number of fused-ring (bicyclic) bond motifs is 1. The van der Waals surface area contributed by atoms with Crippen molar-refractivity contribution in [3.8, 4) is 0 Å². The predicted molar refractivity (Wildman–Crippen MR) is 86.3 cm³/mol. The molecule has 1 aliphatic carbocycles. The summed E-state index contributed by atoms with van der Waals surface area (Å²) in [5.74, 6) is 0.907. The van der Waals surface area contributed by atoms with Crippen molar-refractivity contribution >= 4 is 23.1 Å². The minimum absolute atomic E-state index is 0.0950. The van der Waals surface area contributed by atoms with E-state index in [2.05, 4.69) is 10.1 Å². The van der Waals surface area contributed by atoms with Gasteiger partial charge in [-0.05, 0) is 49.8 Å². The summed E-state index contributed by atoms with van der Waals surface area (Å²) in [6, 6.07) is 6.30. The van der Waals surface area contributed by atoms with Gasteiger partial charge in [0, 0.05) is 18.2 Å². The van der Waals surface area contributed by atoms with Crippen molar-refractivity contribution < 1.29 is 5.21 Å². The van der Waals surface area contributed by atoms with Gasteiger partial charge >= 0.3 is 0 Å². The number of piperidine rings is 1.